The molecule has 2 aromatic rings. The van der Waals surface area contributed by atoms with Crippen molar-refractivity contribution in [2.75, 3.05) is 0 Å². The van der Waals surface area contributed by atoms with E-state index in [9.17, 15) is 0 Å². The van der Waals surface area contributed by atoms with Gasteiger partial charge in [0.2, 0.25) is 0 Å². The monoisotopic (exact) mass is 215 g/mol. The molecule has 0 saturated heterocycles. The van der Waals surface area contributed by atoms with E-state index in [-0.39, 0.29) is 5.41 Å². The minimum atomic E-state index is 0.214. The second-order valence-electron chi connectivity index (χ2n) is 5.50. The van der Waals surface area contributed by atoms with E-state index in [0.29, 0.717) is 0 Å². The van der Waals surface area contributed by atoms with Crippen LogP contribution in [0, 0.1) is 0 Å². The van der Waals surface area contributed by atoms with Gasteiger partial charge in [0.15, 0.2) is 0 Å². The fourth-order valence-electron chi connectivity index (χ4n) is 2.70. The highest BCUT2D eigenvalue weighted by Gasteiger charge is 2.23. The molecule has 0 spiro atoms. The van der Waals surface area contributed by atoms with Gasteiger partial charge >= 0.3 is 0 Å². The van der Waals surface area contributed by atoms with E-state index < -0.39 is 0 Å². The molecule has 0 aliphatic heterocycles. The summed E-state index contributed by atoms with van der Waals surface area (Å²) in [5.41, 5.74) is 4.54. The van der Waals surface area contributed by atoms with Gasteiger partial charge in [-0.25, -0.2) is 0 Å². The summed E-state index contributed by atoms with van der Waals surface area (Å²) in [6.07, 6.45) is 1.10. The van der Waals surface area contributed by atoms with Gasteiger partial charge in [0.05, 0.1) is 0 Å². The maximum absolute atomic E-state index is 2.34. The van der Waals surface area contributed by atoms with Crippen LogP contribution in [-0.4, -0.2) is 4.57 Å². The highest BCUT2D eigenvalue weighted by atomic mass is 14.9. The predicted octanol–water partition coefficient (Wildman–Crippen LogP) is 4.04. The highest BCUT2D eigenvalue weighted by molar-refractivity contribution is 5.86. The molecule has 86 valence electrons. The lowest BCUT2D eigenvalue weighted by molar-refractivity contribution is 0.583. The van der Waals surface area contributed by atoms with Gasteiger partial charge in [0.1, 0.15) is 0 Å². The van der Waals surface area contributed by atoms with Crippen LogP contribution in [0.25, 0.3) is 10.9 Å². The summed E-state index contributed by atoms with van der Waals surface area (Å²) >= 11 is 0. The molecule has 0 atom stereocenters. The number of fused-ring (bicyclic) bond motifs is 1. The SMILES string of the molecule is CCc1c(C(C)(C)C)c2ccccc2n1C. The van der Waals surface area contributed by atoms with E-state index in [4.69, 9.17) is 0 Å². The summed E-state index contributed by atoms with van der Waals surface area (Å²) in [4.78, 5) is 0. The number of hydrogen-bond donors (Lipinski definition) is 0. The first kappa shape index (κ1) is 11.3. The molecular weight excluding hydrogens is 194 g/mol. The number of benzene rings is 1. The minimum absolute atomic E-state index is 0.214. The number of aromatic nitrogens is 1. The van der Waals surface area contributed by atoms with E-state index in [2.05, 4.69) is 63.6 Å². The second kappa shape index (κ2) is 3.65. The Labute approximate surface area is 98.1 Å². The predicted molar refractivity (Wildman–Crippen MR) is 71.0 cm³/mol. The number of nitrogens with zero attached hydrogens (tertiary/aromatic N) is 1. The zero-order chi connectivity index (χ0) is 11.9. The van der Waals surface area contributed by atoms with Gasteiger partial charge < -0.3 is 4.57 Å². The lowest BCUT2D eigenvalue weighted by Gasteiger charge is -2.20. The lowest BCUT2D eigenvalue weighted by Crippen LogP contribution is -2.14. The largest absolute Gasteiger partial charge is 0.347 e. The molecule has 1 heteroatoms. The molecule has 1 aromatic carbocycles. The zero-order valence-electron chi connectivity index (χ0n) is 11.0. The summed E-state index contributed by atoms with van der Waals surface area (Å²) in [7, 11) is 2.18. The normalized spacial score (nSPS) is 12.3. The third-order valence-corrected chi connectivity index (χ3v) is 3.31. The Hall–Kier alpha value is -1.24. The lowest BCUT2D eigenvalue weighted by atomic mass is 9.84. The van der Waals surface area contributed by atoms with Crippen molar-refractivity contribution >= 4 is 10.9 Å². The van der Waals surface area contributed by atoms with Crippen LogP contribution in [0.15, 0.2) is 24.3 Å². The van der Waals surface area contributed by atoms with E-state index in [0.717, 1.165) is 6.42 Å². The van der Waals surface area contributed by atoms with E-state index in [1.165, 1.54) is 22.2 Å². The Morgan fingerprint density at radius 3 is 2.31 bits per heavy atom. The first-order chi connectivity index (χ1) is 7.46. The standard InChI is InChI=1S/C15H21N/c1-6-12-14(15(2,3)4)11-9-7-8-10-13(11)16(12)5/h7-10H,6H2,1-5H3. The van der Waals surface area contributed by atoms with Crippen LogP contribution < -0.4 is 0 Å². The Bertz CT molecular complexity index is 512. The quantitative estimate of drug-likeness (QED) is 0.676. The van der Waals surface area contributed by atoms with Gasteiger partial charge in [0.25, 0.3) is 0 Å². The van der Waals surface area contributed by atoms with Crippen molar-refractivity contribution in [2.24, 2.45) is 7.05 Å². The van der Waals surface area contributed by atoms with Crippen LogP contribution in [0.1, 0.15) is 39.0 Å². The molecule has 0 bridgehead atoms. The Morgan fingerprint density at radius 2 is 1.75 bits per heavy atom. The molecule has 0 saturated carbocycles. The van der Waals surface area contributed by atoms with Gasteiger partial charge in [-0.15, -0.1) is 0 Å². The zero-order valence-corrected chi connectivity index (χ0v) is 11.0. The molecule has 0 fully saturated rings. The van der Waals surface area contributed by atoms with E-state index in [1.54, 1.807) is 0 Å². The van der Waals surface area contributed by atoms with Gasteiger partial charge in [-0.1, -0.05) is 45.9 Å². The van der Waals surface area contributed by atoms with Crippen LogP contribution in [0.2, 0.25) is 0 Å². The molecule has 2 rings (SSSR count). The molecule has 0 radical (unpaired) electrons. The van der Waals surface area contributed by atoms with Crippen molar-refractivity contribution in [1.82, 2.24) is 4.57 Å². The Balaban J connectivity index is 2.89. The number of aryl methyl sites for hydroxylation is 1. The molecule has 1 nitrogen and oxygen atoms in total. The maximum atomic E-state index is 2.34. The second-order valence-corrected chi connectivity index (χ2v) is 5.50. The van der Waals surface area contributed by atoms with Gasteiger partial charge in [-0.05, 0) is 23.5 Å². The fraction of sp³-hybridized carbons (Fsp3) is 0.467. The van der Waals surface area contributed by atoms with Gasteiger partial charge in [0, 0.05) is 23.6 Å². The number of rotatable bonds is 1. The third-order valence-electron chi connectivity index (χ3n) is 3.31. The van der Waals surface area contributed by atoms with Gasteiger partial charge in [-0.3, -0.25) is 0 Å². The molecule has 0 aliphatic carbocycles. The van der Waals surface area contributed by atoms with Crippen LogP contribution in [0.4, 0.5) is 0 Å². The van der Waals surface area contributed by atoms with Crippen LogP contribution in [0.3, 0.4) is 0 Å². The topological polar surface area (TPSA) is 4.93 Å². The summed E-state index contributed by atoms with van der Waals surface area (Å²) in [5.74, 6) is 0. The summed E-state index contributed by atoms with van der Waals surface area (Å²) in [5, 5.41) is 1.41. The molecule has 0 aliphatic rings. The van der Waals surface area contributed by atoms with Crippen LogP contribution in [0.5, 0.6) is 0 Å². The van der Waals surface area contributed by atoms with Crippen molar-refractivity contribution < 1.29 is 0 Å². The minimum Gasteiger partial charge on any atom is -0.347 e. The first-order valence-corrected chi connectivity index (χ1v) is 6.03. The molecular formula is C15H21N. The van der Waals surface area contributed by atoms with E-state index in [1.807, 2.05) is 0 Å². The van der Waals surface area contributed by atoms with Crippen LogP contribution in [-0.2, 0) is 18.9 Å². The first-order valence-electron chi connectivity index (χ1n) is 6.03. The fourth-order valence-corrected chi connectivity index (χ4v) is 2.70. The van der Waals surface area contributed by atoms with Crippen molar-refractivity contribution in [3.8, 4) is 0 Å². The molecule has 0 unspecified atom stereocenters. The summed E-state index contributed by atoms with van der Waals surface area (Å²) in [6, 6.07) is 8.71. The summed E-state index contributed by atoms with van der Waals surface area (Å²) in [6.45, 7) is 9.14. The Morgan fingerprint density at radius 1 is 1.12 bits per heavy atom. The molecule has 1 heterocycles. The molecule has 16 heavy (non-hydrogen) atoms. The van der Waals surface area contributed by atoms with E-state index >= 15 is 0 Å². The number of para-hydroxylation sites is 1. The summed E-state index contributed by atoms with van der Waals surface area (Å²) < 4.78 is 2.34. The van der Waals surface area contributed by atoms with Gasteiger partial charge in [-0.2, -0.15) is 0 Å². The van der Waals surface area contributed by atoms with Crippen LogP contribution >= 0.6 is 0 Å². The third kappa shape index (κ3) is 1.55. The van der Waals surface area contributed by atoms with Crippen molar-refractivity contribution in [3.63, 3.8) is 0 Å². The van der Waals surface area contributed by atoms with Crippen molar-refractivity contribution in [3.05, 3.63) is 35.5 Å². The van der Waals surface area contributed by atoms with Crippen molar-refractivity contribution in [2.45, 2.75) is 39.5 Å². The average molecular weight is 215 g/mol. The Kier molecular flexibility index (Phi) is 2.57. The molecule has 1 aromatic heterocycles. The number of hydrogen-bond acceptors (Lipinski definition) is 0. The maximum Gasteiger partial charge on any atom is 0.0482 e. The highest BCUT2D eigenvalue weighted by Crippen LogP contribution is 2.35. The smallest absolute Gasteiger partial charge is 0.0482 e. The molecule has 0 amide bonds. The average Bonchev–Trinajstić information content (AvgIpc) is 2.51. The van der Waals surface area contributed by atoms with Crippen molar-refractivity contribution in [1.29, 1.82) is 0 Å². The molecule has 0 N–H and O–H groups in total.